The standard InChI is InChI=1S/C22H23N3O5S/c1-4-14-5-8-16(9-6-14)23-21(27)22-25-24-19(31-22)13-30-20(26)12-15-7-10-17(28-2)18(11-15)29-3/h5-11H,4,12-13H2,1-3H3,(H,23,27). The smallest absolute Gasteiger partial charge is 0.310 e. The van der Waals surface area contributed by atoms with Crippen LogP contribution in [0.1, 0.15) is 32.9 Å². The summed E-state index contributed by atoms with van der Waals surface area (Å²) in [6.07, 6.45) is 0.999. The van der Waals surface area contributed by atoms with Gasteiger partial charge in [-0.1, -0.05) is 36.5 Å². The number of nitrogens with one attached hydrogen (secondary N) is 1. The van der Waals surface area contributed by atoms with Crippen molar-refractivity contribution in [3.63, 3.8) is 0 Å². The van der Waals surface area contributed by atoms with Gasteiger partial charge in [0.05, 0.1) is 20.6 Å². The van der Waals surface area contributed by atoms with Crippen LogP contribution in [0.25, 0.3) is 0 Å². The van der Waals surface area contributed by atoms with Gasteiger partial charge in [-0.3, -0.25) is 9.59 Å². The normalized spacial score (nSPS) is 10.4. The van der Waals surface area contributed by atoms with Crippen LogP contribution in [-0.4, -0.2) is 36.3 Å². The summed E-state index contributed by atoms with van der Waals surface area (Å²) in [4.78, 5) is 24.5. The highest BCUT2D eigenvalue weighted by Gasteiger charge is 2.15. The molecular formula is C22H23N3O5S. The summed E-state index contributed by atoms with van der Waals surface area (Å²) in [5.74, 6) is 0.339. The molecule has 0 aliphatic heterocycles. The van der Waals surface area contributed by atoms with Crippen LogP contribution < -0.4 is 14.8 Å². The summed E-state index contributed by atoms with van der Waals surface area (Å²) in [7, 11) is 3.08. The molecule has 0 saturated heterocycles. The van der Waals surface area contributed by atoms with E-state index in [1.807, 2.05) is 24.3 Å². The van der Waals surface area contributed by atoms with Gasteiger partial charge in [-0.25, -0.2) is 0 Å². The molecule has 0 aliphatic carbocycles. The first kappa shape index (κ1) is 22.2. The fourth-order valence-electron chi connectivity index (χ4n) is 2.76. The monoisotopic (exact) mass is 441 g/mol. The summed E-state index contributed by atoms with van der Waals surface area (Å²) < 4.78 is 15.7. The summed E-state index contributed by atoms with van der Waals surface area (Å²) in [6.45, 7) is 2.01. The molecule has 9 heteroatoms. The van der Waals surface area contributed by atoms with Gasteiger partial charge < -0.3 is 19.5 Å². The largest absolute Gasteiger partial charge is 0.493 e. The van der Waals surface area contributed by atoms with Crippen molar-refractivity contribution in [3.05, 3.63) is 63.6 Å². The van der Waals surface area contributed by atoms with Crippen LogP contribution in [0.5, 0.6) is 11.5 Å². The van der Waals surface area contributed by atoms with E-state index < -0.39 is 5.97 Å². The van der Waals surface area contributed by atoms with Crippen LogP contribution in [0.2, 0.25) is 0 Å². The molecule has 3 rings (SSSR count). The maximum atomic E-state index is 12.3. The third-order valence-electron chi connectivity index (χ3n) is 4.43. The Morgan fingerprint density at radius 3 is 2.35 bits per heavy atom. The minimum atomic E-state index is -0.426. The lowest BCUT2D eigenvalue weighted by molar-refractivity contribution is -0.144. The SMILES string of the molecule is CCc1ccc(NC(=O)c2nnc(COC(=O)Cc3ccc(OC)c(OC)c3)s2)cc1. The van der Waals surface area contributed by atoms with E-state index in [1.54, 1.807) is 25.3 Å². The Bertz CT molecular complexity index is 1050. The van der Waals surface area contributed by atoms with Crippen molar-refractivity contribution in [1.29, 1.82) is 0 Å². The van der Waals surface area contributed by atoms with Crippen LogP contribution in [0.4, 0.5) is 5.69 Å². The van der Waals surface area contributed by atoms with E-state index in [0.29, 0.717) is 22.2 Å². The lowest BCUT2D eigenvalue weighted by Crippen LogP contribution is -2.11. The van der Waals surface area contributed by atoms with Gasteiger partial charge in [-0.05, 0) is 41.8 Å². The van der Waals surface area contributed by atoms with Crippen molar-refractivity contribution in [2.24, 2.45) is 0 Å². The van der Waals surface area contributed by atoms with E-state index in [9.17, 15) is 9.59 Å². The Balaban J connectivity index is 1.52. The zero-order valence-corrected chi connectivity index (χ0v) is 18.3. The molecule has 1 aromatic heterocycles. The van der Waals surface area contributed by atoms with Gasteiger partial charge in [0, 0.05) is 5.69 Å². The zero-order chi connectivity index (χ0) is 22.2. The van der Waals surface area contributed by atoms with Crippen molar-refractivity contribution in [2.45, 2.75) is 26.4 Å². The van der Waals surface area contributed by atoms with Crippen molar-refractivity contribution < 1.29 is 23.8 Å². The zero-order valence-electron chi connectivity index (χ0n) is 17.5. The van der Waals surface area contributed by atoms with Gasteiger partial charge >= 0.3 is 5.97 Å². The molecule has 0 radical (unpaired) electrons. The molecule has 1 heterocycles. The molecule has 0 fully saturated rings. The second-order valence-electron chi connectivity index (χ2n) is 6.53. The first-order valence-corrected chi connectivity index (χ1v) is 10.4. The molecule has 0 unspecified atom stereocenters. The van der Waals surface area contributed by atoms with Crippen LogP contribution in [0, 0.1) is 0 Å². The van der Waals surface area contributed by atoms with Crippen LogP contribution >= 0.6 is 11.3 Å². The lowest BCUT2D eigenvalue weighted by Gasteiger charge is -2.09. The number of aromatic nitrogens is 2. The maximum absolute atomic E-state index is 12.3. The lowest BCUT2D eigenvalue weighted by atomic mass is 10.1. The highest BCUT2D eigenvalue weighted by atomic mass is 32.1. The number of aryl methyl sites for hydroxylation is 1. The van der Waals surface area contributed by atoms with Crippen molar-refractivity contribution in [2.75, 3.05) is 19.5 Å². The fraction of sp³-hybridized carbons (Fsp3) is 0.273. The van der Waals surface area contributed by atoms with Crippen LogP contribution in [-0.2, 0) is 29.0 Å². The van der Waals surface area contributed by atoms with Gasteiger partial charge in [0.25, 0.3) is 5.91 Å². The van der Waals surface area contributed by atoms with E-state index in [0.717, 1.165) is 23.3 Å². The van der Waals surface area contributed by atoms with E-state index in [2.05, 4.69) is 22.4 Å². The summed E-state index contributed by atoms with van der Waals surface area (Å²) >= 11 is 1.08. The molecule has 0 saturated carbocycles. The number of ether oxygens (including phenoxy) is 3. The van der Waals surface area contributed by atoms with Gasteiger partial charge in [-0.2, -0.15) is 0 Å². The topological polar surface area (TPSA) is 99.6 Å². The Morgan fingerprint density at radius 1 is 0.968 bits per heavy atom. The second kappa shape index (κ2) is 10.5. The van der Waals surface area contributed by atoms with Crippen molar-refractivity contribution in [1.82, 2.24) is 10.2 Å². The molecule has 162 valence electrons. The molecule has 31 heavy (non-hydrogen) atoms. The number of nitrogens with zero attached hydrogens (tertiary/aromatic N) is 2. The van der Waals surface area contributed by atoms with Crippen LogP contribution in [0.15, 0.2) is 42.5 Å². The number of anilines is 1. The molecule has 1 N–H and O–H groups in total. The van der Waals surface area contributed by atoms with E-state index in [-0.39, 0.29) is 23.9 Å². The van der Waals surface area contributed by atoms with E-state index in [1.165, 1.54) is 12.7 Å². The van der Waals surface area contributed by atoms with Gasteiger partial charge in [-0.15, -0.1) is 10.2 Å². The predicted molar refractivity (Wildman–Crippen MR) is 117 cm³/mol. The molecule has 0 aliphatic rings. The Labute approximate surface area is 184 Å². The number of carbonyl (C=O) groups is 2. The third kappa shape index (κ3) is 6.02. The van der Waals surface area contributed by atoms with Gasteiger partial charge in [0.15, 0.2) is 16.5 Å². The average Bonchev–Trinajstić information content (AvgIpc) is 3.27. The molecule has 0 bridgehead atoms. The molecule has 0 spiro atoms. The highest BCUT2D eigenvalue weighted by Crippen LogP contribution is 2.27. The molecular weight excluding hydrogens is 418 g/mol. The number of benzene rings is 2. The molecule has 8 nitrogen and oxygen atoms in total. The quantitative estimate of drug-likeness (QED) is 0.506. The summed E-state index contributed by atoms with van der Waals surface area (Å²) in [5.41, 5.74) is 2.60. The number of carbonyl (C=O) groups excluding carboxylic acids is 2. The molecule has 0 atom stereocenters. The highest BCUT2D eigenvalue weighted by molar-refractivity contribution is 7.13. The first-order chi connectivity index (χ1) is 15.0. The number of methoxy groups -OCH3 is 2. The number of rotatable bonds is 9. The number of esters is 1. The Morgan fingerprint density at radius 2 is 1.68 bits per heavy atom. The van der Waals surface area contributed by atoms with Gasteiger partial charge in [0.1, 0.15) is 6.61 Å². The minimum absolute atomic E-state index is 0.0533. The number of hydrogen-bond donors (Lipinski definition) is 1. The number of hydrogen-bond acceptors (Lipinski definition) is 8. The third-order valence-corrected chi connectivity index (χ3v) is 5.33. The maximum Gasteiger partial charge on any atom is 0.310 e. The minimum Gasteiger partial charge on any atom is -0.493 e. The molecule has 3 aromatic rings. The second-order valence-corrected chi connectivity index (χ2v) is 7.59. The van der Waals surface area contributed by atoms with Gasteiger partial charge in [0.2, 0.25) is 5.01 Å². The average molecular weight is 442 g/mol. The van der Waals surface area contributed by atoms with E-state index in [4.69, 9.17) is 14.2 Å². The first-order valence-electron chi connectivity index (χ1n) is 9.61. The number of amides is 1. The van der Waals surface area contributed by atoms with Crippen LogP contribution in [0.3, 0.4) is 0 Å². The summed E-state index contributed by atoms with van der Waals surface area (Å²) in [5, 5.41) is 11.2. The Kier molecular flexibility index (Phi) is 7.55. The summed E-state index contributed by atoms with van der Waals surface area (Å²) in [6, 6.07) is 12.8. The predicted octanol–water partition coefficient (Wildman–Crippen LogP) is 3.66. The van der Waals surface area contributed by atoms with E-state index >= 15 is 0 Å². The molecule has 1 amide bonds. The Hall–Kier alpha value is -3.46. The van der Waals surface area contributed by atoms with Crippen molar-refractivity contribution >= 4 is 28.9 Å². The fourth-order valence-corrected chi connectivity index (χ4v) is 3.41. The molecule has 2 aromatic carbocycles. The van der Waals surface area contributed by atoms with Crippen molar-refractivity contribution in [3.8, 4) is 11.5 Å².